The number of benzene rings is 2. The molecule has 2 aliphatic heterocycles. The molecule has 2 aromatic rings. The summed E-state index contributed by atoms with van der Waals surface area (Å²) >= 11 is 7.66. The van der Waals surface area contributed by atoms with Gasteiger partial charge in [-0.15, -0.1) is 11.8 Å². The second-order valence-corrected chi connectivity index (χ2v) is 11.3. The van der Waals surface area contributed by atoms with Crippen LogP contribution in [-0.4, -0.2) is 53.8 Å². The number of carbonyl (C=O) groups excluding carboxylic acids is 1. The van der Waals surface area contributed by atoms with Gasteiger partial charge in [-0.05, 0) is 56.2 Å². The fourth-order valence-corrected chi connectivity index (χ4v) is 7.02. The number of halogens is 1. The van der Waals surface area contributed by atoms with Crippen molar-refractivity contribution in [2.24, 2.45) is 0 Å². The number of sulfonamides is 1. The predicted octanol–water partition coefficient (Wildman–Crippen LogP) is 4.02. The molecular formula is C21H23ClN2O3S2. The van der Waals surface area contributed by atoms with Gasteiger partial charge in [0.2, 0.25) is 10.0 Å². The first-order chi connectivity index (χ1) is 13.8. The molecule has 4 rings (SSSR count). The second kappa shape index (κ2) is 7.95. The van der Waals surface area contributed by atoms with E-state index in [2.05, 4.69) is 0 Å². The summed E-state index contributed by atoms with van der Waals surface area (Å²) in [6.07, 6.45) is 1.25. The monoisotopic (exact) mass is 450 g/mol. The SMILES string of the molecule is Cc1ccc(C(=O)N2CCSC23CCN(S(=O)(=O)c2ccc(Cl)cc2)CC3)cc1. The lowest BCUT2D eigenvalue weighted by atomic mass is 10.0. The minimum atomic E-state index is -3.56. The van der Waals surface area contributed by atoms with E-state index in [9.17, 15) is 13.2 Å². The van der Waals surface area contributed by atoms with Crippen molar-refractivity contribution in [2.45, 2.75) is 29.5 Å². The molecule has 0 N–H and O–H groups in total. The van der Waals surface area contributed by atoms with Crippen molar-refractivity contribution in [2.75, 3.05) is 25.4 Å². The summed E-state index contributed by atoms with van der Waals surface area (Å²) < 4.78 is 27.5. The van der Waals surface area contributed by atoms with E-state index in [4.69, 9.17) is 11.6 Å². The molecule has 5 nitrogen and oxygen atoms in total. The van der Waals surface area contributed by atoms with Crippen molar-refractivity contribution < 1.29 is 13.2 Å². The average Bonchev–Trinajstić information content (AvgIpc) is 3.11. The summed E-state index contributed by atoms with van der Waals surface area (Å²) in [7, 11) is -3.56. The Morgan fingerprint density at radius 1 is 1.00 bits per heavy atom. The standard InChI is InChI=1S/C21H23ClN2O3S2/c1-16-2-4-17(5-3-16)20(25)24-14-15-28-21(24)10-12-23(13-11-21)29(26,27)19-8-6-18(22)7-9-19/h2-9H,10-15H2,1H3. The van der Waals surface area contributed by atoms with Crippen LogP contribution < -0.4 is 0 Å². The van der Waals surface area contributed by atoms with Crippen LogP contribution in [0.1, 0.15) is 28.8 Å². The maximum absolute atomic E-state index is 13.1. The Morgan fingerprint density at radius 2 is 1.62 bits per heavy atom. The minimum Gasteiger partial charge on any atom is -0.323 e. The molecule has 1 amide bonds. The third-order valence-electron chi connectivity index (χ3n) is 5.68. The maximum atomic E-state index is 13.1. The highest BCUT2D eigenvalue weighted by Crippen LogP contribution is 2.45. The summed E-state index contributed by atoms with van der Waals surface area (Å²) in [6, 6.07) is 13.9. The highest BCUT2D eigenvalue weighted by Gasteiger charge is 2.48. The van der Waals surface area contributed by atoms with Crippen molar-refractivity contribution in [3.8, 4) is 0 Å². The van der Waals surface area contributed by atoms with Crippen LogP contribution in [0.25, 0.3) is 0 Å². The van der Waals surface area contributed by atoms with Gasteiger partial charge in [0.05, 0.1) is 9.77 Å². The molecule has 0 atom stereocenters. The highest BCUT2D eigenvalue weighted by atomic mass is 35.5. The number of aryl methyl sites for hydroxylation is 1. The number of hydrogen-bond donors (Lipinski definition) is 0. The van der Waals surface area contributed by atoms with Crippen molar-refractivity contribution in [3.05, 3.63) is 64.7 Å². The van der Waals surface area contributed by atoms with E-state index in [0.29, 0.717) is 43.1 Å². The van der Waals surface area contributed by atoms with Crippen LogP contribution in [0.2, 0.25) is 5.02 Å². The Kier molecular flexibility index (Phi) is 5.68. The molecule has 2 saturated heterocycles. The lowest BCUT2D eigenvalue weighted by Crippen LogP contribution is -2.53. The molecule has 0 radical (unpaired) electrons. The van der Waals surface area contributed by atoms with Crippen molar-refractivity contribution in [3.63, 3.8) is 0 Å². The van der Waals surface area contributed by atoms with Crippen LogP contribution in [0.15, 0.2) is 53.4 Å². The van der Waals surface area contributed by atoms with Crippen LogP contribution >= 0.6 is 23.4 Å². The van der Waals surface area contributed by atoms with E-state index in [-0.39, 0.29) is 15.7 Å². The summed E-state index contributed by atoms with van der Waals surface area (Å²) in [5.41, 5.74) is 1.81. The number of piperidine rings is 1. The van der Waals surface area contributed by atoms with Crippen molar-refractivity contribution in [1.29, 1.82) is 0 Å². The molecule has 2 aromatic carbocycles. The number of nitrogens with zero attached hydrogens (tertiary/aromatic N) is 2. The normalized spacial score (nSPS) is 19.6. The predicted molar refractivity (Wildman–Crippen MR) is 117 cm³/mol. The van der Waals surface area contributed by atoms with Gasteiger partial charge in [0, 0.05) is 36.0 Å². The van der Waals surface area contributed by atoms with Crippen LogP contribution in [-0.2, 0) is 10.0 Å². The number of rotatable bonds is 3. The lowest BCUT2D eigenvalue weighted by molar-refractivity contribution is 0.0605. The maximum Gasteiger partial charge on any atom is 0.254 e. The van der Waals surface area contributed by atoms with Gasteiger partial charge in [0.15, 0.2) is 0 Å². The van der Waals surface area contributed by atoms with Gasteiger partial charge in [-0.3, -0.25) is 4.79 Å². The Labute approximate surface area is 181 Å². The van der Waals surface area contributed by atoms with Crippen LogP contribution in [0.4, 0.5) is 0 Å². The Bertz CT molecular complexity index is 999. The van der Waals surface area contributed by atoms with Gasteiger partial charge in [0.1, 0.15) is 0 Å². The van der Waals surface area contributed by atoms with Crippen LogP contribution in [0.5, 0.6) is 0 Å². The zero-order valence-electron chi connectivity index (χ0n) is 16.2. The highest BCUT2D eigenvalue weighted by molar-refractivity contribution is 8.00. The average molecular weight is 451 g/mol. The molecule has 0 aliphatic carbocycles. The Balaban J connectivity index is 1.50. The van der Waals surface area contributed by atoms with E-state index in [1.54, 1.807) is 36.0 Å². The van der Waals surface area contributed by atoms with Crippen LogP contribution in [0, 0.1) is 6.92 Å². The first kappa shape index (κ1) is 20.7. The summed E-state index contributed by atoms with van der Waals surface area (Å²) in [6.45, 7) is 3.49. The largest absolute Gasteiger partial charge is 0.323 e. The van der Waals surface area contributed by atoms with E-state index in [1.165, 1.54) is 4.31 Å². The summed E-state index contributed by atoms with van der Waals surface area (Å²) in [5, 5.41) is 0.508. The topological polar surface area (TPSA) is 57.7 Å². The fraction of sp³-hybridized carbons (Fsp3) is 0.381. The molecule has 2 aliphatic rings. The molecule has 1 spiro atoms. The van der Waals surface area contributed by atoms with E-state index >= 15 is 0 Å². The Morgan fingerprint density at radius 3 is 2.24 bits per heavy atom. The molecular weight excluding hydrogens is 428 g/mol. The first-order valence-corrected chi connectivity index (χ1v) is 12.4. The van der Waals surface area contributed by atoms with E-state index in [1.807, 2.05) is 36.1 Å². The molecule has 0 saturated carbocycles. The smallest absolute Gasteiger partial charge is 0.254 e. The molecule has 154 valence electrons. The van der Waals surface area contributed by atoms with Crippen molar-refractivity contribution >= 4 is 39.3 Å². The number of hydrogen-bond acceptors (Lipinski definition) is 4. The minimum absolute atomic E-state index is 0.0315. The molecule has 0 aromatic heterocycles. The Hall–Kier alpha value is -1.54. The molecule has 8 heteroatoms. The van der Waals surface area contributed by atoms with E-state index < -0.39 is 10.0 Å². The molecule has 0 bridgehead atoms. The van der Waals surface area contributed by atoms with Gasteiger partial charge < -0.3 is 4.90 Å². The van der Waals surface area contributed by atoms with E-state index in [0.717, 1.165) is 11.3 Å². The third-order valence-corrected chi connectivity index (χ3v) is 9.39. The second-order valence-electron chi connectivity index (χ2n) is 7.48. The summed E-state index contributed by atoms with van der Waals surface area (Å²) in [5.74, 6) is 0.908. The van der Waals surface area contributed by atoms with Gasteiger partial charge in [-0.25, -0.2) is 8.42 Å². The van der Waals surface area contributed by atoms with Gasteiger partial charge in [-0.1, -0.05) is 29.3 Å². The van der Waals surface area contributed by atoms with Crippen LogP contribution in [0.3, 0.4) is 0 Å². The van der Waals surface area contributed by atoms with Crippen molar-refractivity contribution in [1.82, 2.24) is 9.21 Å². The summed E-state index contributed by atoms with van der Waals surface area (Å²) in [4.78, 5) is 15.0. The lowest BCUT2D eigenvalue weighted by Gasteiger charge is -2.43. The zero-order valence-corrected chi connectivity index (χ0v) is 18.6. The van der Waals surface area contributed by atoms with Gasteiger partial charge in [0.25, 0.3) is 5.91 Å². The fourth-order valence-electron chi connectivity index (χ4n) is 3.99. The molecule has 2 heterocycles. The molecule has 2 fully saturated rings. The zero-order chi connectivity index (χ0) is 20.6. The molecule has 0 unspecified atom stereocenters. The first-order valence-electron chi connectivity index (χ1n) is 9.60. The molecule has 29 heavy (non-hydrogen) atoms. The third kappa shape index (κ3) is 3.93. The van der Waals surface area contributed by atoms with Gasteiger partial charge >= 0.3 is 0 Å². The number of amides is 1. The quantitative estimate of drug-likeness (QED) is 0.708. The number of thioether (sulfide) groups is 1. The van der Waals surface area contributed by atoms with Gasteiger partial charge in [-0.2, -0.15) is 4.31 Å². The number of carbonyl (C=O) groups is 1.